The summed E-state index contributed by atoms with van der Waals surface area (Å²) >= 11 is 0. The Labute approximate surface area is 233 Å². The Bertz CT molecular complexity index is 1220. The fraction of sp³-hybridized carbons (Fsp3) is 0.548. The molecule has 1 N–H and O–H groups in total. The van der Waals surface area contributed by atoms with Gasteiger partial charge in [-0.1, -0.05) is 42.6 Å². The summed E-state index contributed by atoms with van der Waals surface area (Å²) in [5.41, 5.74) is 4.59. The van der Waals surface area contributed by atoms with E-state index in [-0.39, 0.29) is 18.9 Å². The topological polar surface area (TPSA) is 65.4 Å². The van der Waals surface area contributed by atoms with Crippen molar-refractivity contribution >= 4 is 17.4 Å². The highest BCUT2D eigenvalue weighted by atomic mass is 19.4. The highest BCUT2D eigenvalue weighted by molar-refractivity contribution is 6.02. The molecule has 216 valence electrons. The number of anilines is 1. The van der Waals surface area contributed by atoms with Gasteiger partial charge < -0.3 is 14.8 Å². The van der Waals surface area contributed by atoms with E-state index in [2.05, 4.69) is 33.2 Å². The summed E-state index contributed by atoms with van der Waals surface area (Å²) in [6, 6.07) is 11.0. The van der Waals surface area contributed by atoms with Gasteiger partial charge >= 0.3 is 12.1 Å². The van der Waals surface area contributed by atoms with E-state index in [1.165, 1.54) is 11.6 Å². The molecule has 3 aliphatic rings. The average molecular weight is 558 g/mol. The minimum atomic E-state index is -4.39. The number of nitrogens with zero attached hydrogens (tertiary/aromatic N) is 3. The zero-order chi connectivity index (χ0) is 28.1. The Balaban J connectivity index is 1.23. The number of hydrogen-bond acceptors (Lipinski definition) is 5. The lowest BCUT2D eigenvalue weighted by molar-refractivity contribution is -0.139. The molecule has 0 aromatic heterocycles. The Morgan fingerprint density at radius 2 is 1.75 bits per heavy atom. The van der Waals surface area contributed by atoms with Crippen molar-refractivity contribution in [2.24, 2.45) is 5.16 Å². The number of piperazine rings is 1. The van der Waals surface area contributed by atoms with Gasteiger partial charge in [0.05, 0.1) is 17.7 Å². The summed E-state index contributed by atoms with van der Waals surface area (Å²) in [6.07, 6.45) is 3.13. The van der Waals surface area contributed by atoms with Crippen molar-refractivity contribution in [1.82, 2.24) is 4.90 Å². The molecule has 9 heteroatoms. The van der Waals surface area contributed by atoms with Crippen molar-refractivity contribution in [3.8, 4) is 0 Å². The molecule has 2 aromatic carbocycles. The van der Waals surface area contributed by atoms with Crippen LogP contribution in [0.15, 0.2) is 41.6 Å². The molecule has 2 aliphatic carbocycles. The second-order valence-corrected chi connectivity index (χ2v) is 11.2. The van der Waals surface area contributed by atoms with Crippen LogP contribution < -0.4 is 4.90 Å². The molecule has 6 nitrogen and oxygen atoms in total. The lowest BCUT2D eigenvalue weighted by Crippen LogP contribution is -2.47. The van der Waals surface area contributed by atoms with E-state index in [0.29, 0.717) is 17.7 Å². The summed E-state index contributed by atoms with van der Waals surface area (Å²) in [5, 5.41) is 13.3. The second-order valence-electron chi connectivity index (χ2n) is 11.2. The van der Waals surface area contributed by atoms with E-state index in [9.17, 15) is 18.0 Å². The third-order valence-corrected chi connectivity index (χ3v) is 8.51. The number of halogens is 3. The van der Waals surface area contributed by atoms with Crippen LogP contribution in [0.2, 0.25) is 0 Å². The van der Waals surface area contributed by atoms with E-state index < -0.39 is 17.7 Å². The molecule has 2 aromatic rings. The van der Waals surface area contributed by atoms with Crippen molar-refractivity contribution in [3.05, 3.63) is 64.2 Å². The van der Waals surface area contributed by atoms with Crippen LogP contribution in [0.25, 0.3) is 0 Å². The fourth-order valence-electron chi connectivity index (χ4n) is 6.32. The Morgan fingerprint density at radius 1 is 0.975 bits per heavy atom. The number of carboxylic acid groups (broad SMARTS) is 1. The minimum absolute atomic E-state index is 0.00288. The van der Waals surface area contributed by atoms with Crippen molar-refractivity contribution < 1.29 is 27.9 Å². The molecule has 0 amide bonds. The van der Waals surface area contributed by atoms with E-state index in [1.807, 2.05) is 0 Å². The van der Waals surface area contributed by atoms with Gasteiger partial charge in [-0.2, -0.15) is 13.2 Å². The number of aliphatic carboxylic acids is 1. The van der Waals surface area contributed by atoms with Gasteiger partial charge in [0.15, 0.2) is 0 Å². The predicted octanol–water partition coefficient (Wildman–Crippen LogP) is 6.61. The molecule has 0 bridgehead atoms. The Morgan fingerprint density at radius 3 is 2.48 bits per heavy atom. The first-order valence-corrected chi connectivity index (χ1v) is 14.5. The number of carbonyl (C=O) groups is 1. The third-order valence-electron chi connectivity index (χ3n) is 8.51. The maximum atomic E-state index is 13.9. The van der Waals surface area contributed by atoms with Gasteiger partial charge in [0, 0.05) is 44.0 Å². The van der Waals surface area contributed by atoms with Gasteiger partial charge in [-0.3, -0.25) is 9.69 Å². The van der Waals surface area contributed by atoms with Crippen LogP contribution in [0.1, 0.15) is 85.1 Å². The van der Waals surface area contributed by atoms with Gasteiger partial charge in [-0.25, -0.2) is 0 Å². The number of fused-ring (bicyclic) bond motifs is 1. The minimum Gasteiger partial charge on any atom is -0.481 e. The van der Waals surface area contributed by atoms with E-state index in [1.54, 1.807) is 12.1 Å². The molecular weight excluding hydrogens is 519 g/mol. The molecule has 0 radical (unpaired) electrons. The number of aryl methyl sites for hydroxylation is 1. The largest absolute Gasteiger partial charge is 0.481 e. The van der Waals surface area contributed by atoms with Crippen LogP contribution in [0, 0.1) is 0 Å². The van der Waals surface area contributed by atoms with Crippen LogP contribution >= 0.6 is 0 Å². The van der Waals surface area contributed by atoms with Crippen LogP contribution in [0.4, 0.5) is 18.9 Å². The molecule has 2 fully saturated rings. The van der Waals surface area contributed by atoms with Crippen molar-refractivity contribution in [3.63, 3.8) is 0 Å². The van der Waals surface area contributed by atoms with Crippen LogP contribution in [0.5, 0.6) is 0 Å². The lowest BCUT2D eigenvalue weighted by atomic mass is 9.81. The summed E-state index contributed by atoms with van der Waals surface area (Å²) in [4.78, 5) is 21.0. The molecule has 5 rings (SSSR count). The van der Waals surface area contributed by atoms with Gasteiger partial charge in [-0.15, -0.1) is 0 Å². The number of oxime groups is 1. The molecule has 0 unspecified atom stereocenters. The summed E-state index contributed by atoms with van der Waals surface area (Å²) in [7, 11) is 0. The standard InChI is InChI=1S/C31H38F3N3O3/c32-31(33,34)28-19-22(9-11-26(28)23-5-2-1-3-6-23)21-40-35-29-8-4-7-24-20-25(10-12-27(24)29)37-17-15-36(16-18-37)14-13-30(38)39/h9-12,19-20,23H,1-8,13-18,21H2,(H,38,39)/b35-29+. The summed E-state index contributed by atoms with van der Waals surface area (Å²) in [6.45, 7) is 3.95. The Hall–Kier alpha value is -3.07. The molecule has 1 aliphatic heterocycles. The maximum absolute atomic E-state index is 13.9. The quantitative estimate of drug-likeness (QED) is 0.370. The van der Waals surface area contributed by atoms with Crippen LogP contribution in [0.3, 0.4) is 0 Å². The highest BCUT2D eigenvalue weighted by Crippen LogP contribution is 2.41. The number of alkyl halides is 3. The maximum Gasteiger partial charge on any atom is 0.416 e. The van der Waals surface area contributed by atoms with E-state index >= 15 is 0 Å². The molecule has 1 heterocycles. The monoisotopic (exact) mass is 557 g/mol. The number of carboxylic acids is 1. The van der Waals surface area contributed by atoms with Crippen molar-refractivity contribution in [2.45, 2.75) is 76.5 Å². The highest BCUT2D eigenvalue weighted by Gasteiger charge is 2.36. The number of benzene rings is 2. The number of rotatable bonds is 8. The second kappa shape index (κ2) is 12.6. The molecule has 0 spiro atoms. The van der Waals surface area contributed by atoms with Gasteiger partial charge in [0.25, 0.3) is 0 Å². The smallest absolute Gasteiger partial charge is 0.416 e. The molecule has 0 atom stereocenters. The third kappa shape index (κ3) is 6.97. The van der Waals surface area contributed by atoms with Crippen molar-refractivity contribution in [2.75, 3.05) is 37.6 Å². The average Bonchev–Trinajstić information content (AvgIpc) is 2.96. The molecule has 1 saturated carbocycles. The molecular formula is C31H38F3N3O3. The first kappa shape index (κ1) is 28.5. The first-order valence-electron chi connectivity index (χ1n) is 14.5. The number of hydrogen-bond donors (Lipinski definition) is 1. The van der Waals surface area contributed by atoms with Crippen molar-refractivity contribution in [1.29, 1.82) is 0 Å². The fourth-order valence-corrected chi connectivity index (χ4v) is 6.32. The Kier molecular flexibility index (Phi) is 8.98. The van der Waals surface area contributed by atoms with E-state index in [0.717, 1.165) is 94.5 Å². The summed E-state index contributed by atoms with van der Waals surface area (Å²) < 4.78 is 41.7. The predicted molar refractivity (Wildman–Crippen MR) is 149 cm³/mol. The zero-order valence-corrected chi connectivity index (χ0v) is 22.9. The van der Waals surface area contributed by atoms with Gasteiger partial charge in [0.1, 0.15) is 6.61 Å². The van der Waals surface area contributed by atoms with Crippen LogP contribution in [-0.4, -0.2) is 54.4 Å². The lowest BCUT2D eigenvalue weighted by Gasteiger charge is -2.36. The van der Waals surface area contributed by atoms with Crippen LogP contribution in [-0.2, 0) is 28.8 Å². The molecule has 1 saturated heterocycles. The van der Waals surface area contributed by atoms with Gasteiger partial charge in [-0.05, 0) is 72.9 Å². The molecule has 40 heavy (non-hydrogen) atoms. The SMILES string of the molecule is O=C(O)CCN1CCN(c2ccc3c(c2)CCC/C3=N\OCc2ccc(C3CCCCC3)c(C(F)(F)F)c2)CC1. The first-order chi connectivity index (χ1) is 19.3. The van der Waals surface area contributed by atoms with E-state index in [4.69, 9.17) is 9.94 Å². The zero-order valence-electron chi connectivity index (χ0n) is 22.9. The normalized spacial score (nSPS) is 20.0. The van der Waals surface area contributed by atoms with Gasteiger partial charge in [0.2, 0.25) is 0 Å². The summed E-state index contributed by atoms with van der Waals surface area (Å²) in [5.74, 6) is -0.790.